The Morgan fingerprint density at radius 1 is 1.10 bits per heavy atom. The van der Waals surface area contributed by atoms with E-state index in [0.29, 0.717) is 36.9 Å². The Morgan fingerprint density at radius 2 is 1.83 bits per heavy atom. The maximum Gasteiger partial charge on any atom is 0.321 e. The van der Waals surface area contributed by atoms with Crippen LogP contribution in [0.1, 0.15) is 32.6 Å². The zero-order chi connectivity index (χ0) is 21.5. The molecule has 0 bridgehead atoms. The normalized spacial score (nSPS) is 27.1. The van der Waals surface area contributed by atoms with E-state index >= 15 is 0 Å². The summed E-state index contributed by atoms with van der Waals surface area (Å²) in [7, 11) is 1.68. The number of nitrogens with one attached hydrogen (secondary N) is 2. The minimum Gasteiger partial charge on any atom is -0.359 e. The van der Waals surface area contributed by atoms with E-state index in [2.05, 4.69) is 10.6 Å². The molecular weight excluding hydrogens is 404 g/mol. The molecule has 1 aromatic carbocycles. The zero-order valence-corrected chi connectivity index (χ0v) is 18.3. The lowest BCUT2D eigenvalue weighted by atomic mass is 9.65. The molecular formula is C22H29ClN4O3. The third-order valence-corrected chi connectivity index (χ3v) is 7.83. The van der Waals surface area contributed by atoms with Crippen molar-refractivity contribution < 1.29 is 14.4 Å². The number of hydrogen-bond donors (Lipinski definition) is 2. The highest BCUT2D eigenvalue weighted by Crippen LogP contribution is 2.62. The van der Waals surface area contributed by atoms with Gasteiger partial charge in [0.1, 0.15) is 0 Å². The highest BCUT2D eigenvalue weighted by Gasteiger charge is 2.64. The maximum absolute atomic E-state index is 12.9. The number of piperidine rings is 1. The van der Waals surface area contributed by atoms with Crippen LogP contribution in [0.5, 0.6) is 0 Å². The van der Waals surface area contributed by atoms with E-state index in [4.69, 9.17) is 11.6 Å². The molecule has 30 heavy (non-hydrogen) atoms. The molecule has 0 aromatic heterocycles. The van der Waals surface area contributed by atoms with Gasteiger partial charge in [0.2, 0.25) is 11.8 Å². The van der Waals surface area contributed by atoms with Crippen molar-refractivity contribution in [2.45, 2.75) is 32.6 Å². The Bertz CT molecular complexity index is 868. The third kappa shape index (κ3) is 3.43. The number of halogens is 1. The number of fused-ring (bicyclic) bond motifs is 2. The second-order valence-electron chi connectivity index (χ2n) is 8.98. The minimum atomic E-state index is -0.494. The fourth-order valence-corrected chi connectivity index (χ4v) is 6.13. The van der Waals surface area contributed by atoms with Crippen LogP contribution >= 0.6 is 11.6 Å². The second kappa shape index (κ2) is 7.76. The number of rotatable bonds is 2. The monoisotopic (exact) mass is 432 g/mol. The minimum absolute atomic E-state index is 0.00352. The molecule has 2 N–H and O–H groups in total. The van der Waals surface area contributed by atoms with E-state index in [9.17, 15) is 14.4 Å². The largest absolute Gasteiger partial charge is 0.359 e. The number of urea groups is 1. The van der Waals surface area contributed by atoms with Gasteiger partial charge in [-0.2, -0.15) is 0 Å². The van der Waals surface area contributed by atoms with Crippen molar-refractivity contribution in [1.82, 2.24) is 15.1 Å². The van der Waals surface area contributed by atoms with Crippen LogP contribution in [0.15, 0.2) is 24.3 Å². The first-order valence-electron chi connectivity index (χ1n) is 10.6. The molecule has 3 aliphatic rings. The molecule has 162 valence electrons. The van der Waals surface area contributed by atoms with Crippen LogP contribution in [0, 0.1) is 16.7 Å². The third-order valence-electron chi connectivity index (χ3n) is 7.60. The van der Waals surface area contributed by atoms with Crippen molar-refractivity contribution in [2.24, 2.45) is 16.7 Å². The number of hydrogen-bond acceptors (Lipinski definition) is 3. The van der Waals surface area contributed by atoms with Gasteiger partial charge in [0, 0.05) is 50.9 Å². The Labute approximate surface area is 182 Å². The van der Waals surface area contributed by atoms with Crippen LogP contribution in [0.25, 0.3) is 0 Å². The molecule has 4 rings (SSSR count). The van der Waals surface area contributed by atoms with Gasteiger partial charge in [-0.15, -0.1) is 0 Å². The van der Waals surface area contributed by atoms with Gasteiger partial charge >= 0.3 is 6.03 Å². The Morgan fingerprint density at radius 3 is 2.47 bits per heavy atom. The lowest BCUT2D eigenvalue weighted by molar-refractivity contribution is -0.133. The van der Waals surface area contributed by atoms with E-state index < -0.39 is 5.41 Å². The summed E-state index contributed by atoms with van der Waals surface area (Å²) in [6.07, 6.45) is 3.48. The molecule has 2 heterocycles. The molecule has 2 aliphatic heterocycles. The molecule has 1 aliphatic carbocycles. The number of carbonyl (C=O) groups excluding carboxylic acids is 3. The first-order chi connectivity index (χ1) is 14.3. The molecule has 0 unspecified atom stereocenters. The number of carbonyl (C=O) groups is 3. The predicted octanol–water partition coefficient (Wildman–Crippen LogP) is 2.96. The van der Waals surface area contributed by atoms with E-state index in [1.165, 1.54) is 0 Å². The SMILES string of the molecule is CNC(=O)[C@@]12CCC3(CCN(C(=O)Nc4cccc(Cl)c4)CC3)[C@@H]1CN(C(C)=O)C2. The van der Waals surface area contributed by atoms with Crippen molar-refractivity contribution in [3.63, 3.8) is 0 Å². The summed E-state index contributed by atoms with van der Waals surface area (Å²) in [5.41, 5.74) is 0.190. The fourth-order valence-electron chi connectivity index (χ4n) is 5.94. The number of nitrogens with zero attached hydrogens (tertiary/aromatic N) is 2. The predicted molar refractivity (Wildman–Crippen MR) is 115 cm³/mol. The van der Waals surface area contributed by atoms with Crippen molar-refractivity contribution in [3.8, 4) is 0 Å². The molecule has 1 saturated carbocycles. The molecule has 1 spiro atoms. The summed E-state index contributed by atoms with van der Waals surface area (Å²) in [5.74, 6) is 0.224. The van der Waals surface area contributed by atoms with Crippen molar-refractivity contribution >= 4 is 35.1 Å². The first kappa shape index (κ1) is 21.0. The molecule has 8 heteroatoms. The van der Waals surface area contributed by atoms with Crippen molar-refractivity contribution in [2.75, 3.05) is 38.5 Å². The summed E-state index contributed by atoms with van der Waals surface area (Å²) in [4.78, 5) is 41.3. The van der Waals surface area contributed by atoms with Gasteiger partial charge in [0.05, 0.1) is 5.41 Å². The fraction of sp³-hybridized carbons (Fsp3) is 0.591. The standard InChI is InChI=1S/C22H29ClN4O3/c1-15(28)27-13-18-21(6-7-22(18,14-27)19(29)24-2)8-10-26(11-9-21)20(30)25-17-5-3-4-16(23)12-17/h3-5,12,18H,6-11,13-14H2,1-2H3,(H,24,29)(H,25,30)/t18-,22+/m0/s1. The number of benzene rings is 1. The summed E-state index contributed by atoms with van der Waals surface area (Å²) in [6.45, 7) is 4.01. The smallest absolute Gasteiger partial charge is 0.321 e. The van der Waals surface area contributed by atoms with Crippen LogP contribution in [-0.4, -0.2) is 60.9 Å². The number of anilines is 1. The van der Waals surface area contributed by atoms with E-state index in [1.807, 2.05) is 15.9 Å². The molecule has 7 nitrogen and oxygen atoms in total. The lowest BCUT2D eigenvalue weighted by Crippen LogP contribution is -2.50. The Hall–Kier alpha value is -2.28. The van der Waals surface area contributed by atoms with Crippen LogP contribution in [0.2, 0.25) is 5.02 Å². The number of amides is 4. The van der Waals surface area contributed by atoms with Crippen LogP contribution in [0.3, 0.4) is 0 Å². The first-order valence-corrected chi connectivity index (χ1v) is 11.0. The summed E-state index contributed by atoms with van der Waals surface area (Å²) >= 11 is 6.01. The summed E-state index contributed by atoms with van der Waals surface area (Å²) < 4.78 is 0. The maximum atomic E-state index is 12.9. The van der Waals surface area contributed by atoms with Gasteiger partial charge in [-0.1, -0.05) is 17.7 Å². The molecule has 4 amide bonds. The Kier molecular flexibility index (Phi) is 5.43. The van der Waals surface area contributed by atoms with Crippen molar-refractivity contribution in [3.05, 3.63) is 29.3 Å². The molecule has 1 aromatic rings. The van der Waals surface area contributed by atoms with E-state index in [1.54, 1.807) is 32.2 Å². The van der Waals surface area contributed by atoms with Gasteiger partial charge in [-0.05, 0) is 55.2 Å². The highest BCUT2D eigenvalue weighted by atomic mass is 35.5. The van der Waals surface area contributed by atoms with E-state index in [0.717, 1.165) is 25.7 Å². The summed E-state index contributed by atoms with van der Waals surface area (Å²) in [5, 5.41) is 6.35. The molecule has 0 radical (unpaired) electrons. The van der Waals surface area contributed by atoms with Crippen LogP contribution in [0.4, 0.5) is 10.5 Å². The molecule has 2 saturated heterocycles. The van der Waals surface area contributed by atoms with Gasteiger partial charge in [0.25, 0.3) is 0 Å². The van der Waals surface area contributed by atoms with Gasteiger partial charge in [-0.3, -0.25) is 9.59 Å². The van der Waals surface area contributed by atoms with Crippen LogP contribution in [-0.2, 0) is 9.59 Å². The van der Waals surface area contributed by atoms with Gasteiger partial charge in [-0.25, -0.2) is 4.79 Å². The van der Waals surface area contributed by atoms with Crippen molar-refractivity contribution in [1.29, 1.82) is 0 Å². The average Bonchev–Trinajstić information content (AvgIpc) is 3.26. The highest BCUT2D eigenvalue weighted by molar-refractivity contribution is 6.30. The summed E-state index contributed by atoms with van der Waals surface area (Å²) in [6, 6.07) is 7.00. The Balaban J connectivity index is 1.46. The number of likely N-dealkylation sites (tertiary alicyclic amines) is 2. The average molecular weight is 433 g/mol. The lowest BCUT2D eigenvalue weighted by Gasteiger charge is -2.44. The van der Waals surface area contributed by atoms with Crippen LogP contribution < -0.4 is 10.6 Å². The van der Waals surface area contributed by atoms with Gasteiger partial charge in [0.15, 0.2) is 0 Å². The zero-order valence-electron chi connectivity index (χ0n) is 17.5. The van der Waals surface area contributed by atoms with E-state index in [-0.39, 0.29) is 29.2 Å². The van der Waals surface area contributed by atoms with Gasteiger partial charge < -0.3 is 20.4 Å². The molecule has 3 fully saturated rings. The molecule has 2 atom stereocenters. The second-order valence-corrected chi connectivity index (χ2v) is 9.41. The quantitative estimate of drug-likeness (QED) is 0.753. The topological polar surface area (TPSA) is 81.8 Å².